The van der Waals surface area contributed by atoms with Crippen LogP contribution in [0.1, 0.15) is 17.4 Å². The number of benzene rings is 1. The van der Waals surface area contributed by atoms with E-state index in [0.717, 1.165) is 34.0 Å². The number of rotatable bonds is 6. The van der Waals surface area contributed by atoms with Gasteiger partial charge < -0.3 is 5.32 Å². The minimum atomic E-state index is -0.742. The van der Waals surface area contributed by atoms with Crippen molar-refractivity contribution in [1.29, 1.82) is 0 Å². The summed E-state index contributed by atoms with van der Waals surface area (Å²) in [5.74, 6) is -2.13. The fraction of sp³-hybridized carbons (Fsp3) is 0.105. The van der Waals surface area contributed by atoms with E-state index in [1.165, 1.54) is 35.7 Å². The zero-order valence-electron chi connectivity index (χ0n) is 14.7. The average molecular weight is 419 g/mol. The molecule has 0 bridgehead atoms. The molecule has 0 unspecified atom stereocenters. The first-order valence-corrected chi connectivity index (χ1v) is 9.84. The molecule has 0 spiro atoms. The van der Waals surface area contributed by atoms with Crippen molar-refractivity contribution in [1.82, 2.24) is 10.3 Å². The number of anilines is 1. The Labute approximate surface area is 167 Å². The summed E-state index contributed by atoms with van der Waals surface area (Å²) in [6.45, 7) is 1.91. The van der Waals surface area contributed by atoms with Gasteiger partial charge in [0.15, 0.2) is 5.13 Å². The van der Waals surface area contributed by atoms with E-state index in [0.29, 0.717) is 17.4 Å². The number of halogens is 2. The highest BCUT2D eigenvalue weighted by atomic mass is 32.1. The van der Waals surface area contributed by atoms with Crippen molar-refractivity contribution in [3.05, 3.63) is 63.9 Å². The number of thiazole rings is 1. The highest BCUT2D eigenvalue weighted by molar-refractivity contribution is 7.17. The molecule has 2 heterocycles. The lowest BCUT2D eigenvalue weighted by atomic mass is 10.2. The SMILES string of the molecule is CC(=O)NCc1ccc(-c2csc(NC(=O)/C=C/c3c(F)cccc3F)n2)s1. The van der Waals surface area contributed by atoms with E-state index in [1.54, 1.807) is 5.38 Å². The lowest BCUT2D eigenvalue weighted by Crippen LogP contribution is -2.17. The zero-order chi connectivity index (χ0) is 20.1. The summed E-state index contributed by atoms with van der Waals surface area (Å²) in [6.07, 6.45) is 2.14. The molecule has 0 aliphatic rings. The number of nitrogens with zero attached hydrogens (tertiary/aromatic N) is 1. The summed E-state index contributed by atoms with van der Waals surface area (Å²) in [5.41, 5.74) is 0.422. The number of nitrogens with one attached hydrogen (secondary N) is 2. The van der Waals surface area contributed by atoms with Gasteiger partial charge in [-0.25, -0.2) is 13.8 Å². The van der Waals surface area contributed by atoms with Gasteiger partial charge in [-0.3, -0.25) is 14.9 Å². The lowest BCUT2D eigenvalue weighted by molar-refractivity contribution is -0.119. The maximum atomic E-state index is 13.6. The predicted molar refractivity (Wildman–Crippen MR) is 107 cm³/mol. The summed E-state index contributed by atoms with van der Waals surface area (Å²) in [4.78, 5) is 29.2. The number of carbonyl (C=O) groups excluding carboxylic acids is 2. The van der Waals surface area contributed by atoms with Crippen molar-refractivity contribution in [3.63, 3.8) is 0 Å². The predicted octanol–water partition coefficient (Wildman–Crippen LogP) is 4.44. The van der Waals surface area contributed by atoms with Crippen molar-refractivity contribution < 1.29 is 18.4 Å². The first-order chi connectivity index (χ1) is 13.4. The molecule has 0 atom stereocenters. The largest absolute Gasteiger partial charge is 0.351 e. The van der Waals surface area contributed by atoms with Crippen LogP contribution in [-0.2, 0) is 16.1 Å². The molecule has 144 valence electrons. The smallest absolute Gasteiger partial charge is 0.250 e. The quantitative estimate of drug-likeness (QED) is 0.581. The van der Waals surface area contributed by atoms with E-state index in [9.17, 15) is 18.4 Å². The van der Waals surface area contributed by atoms with Crippen LogP contribution in [0.25, 0.3) is 16.6 Å². The molecule has 5 nitrogen and oxygen atoms in total. The third kappa shape index (κ3) is 5.08. The second-order valence-corrected chi connectivity index (χ2v) is 7.70. The Bertz CT molecular complexity index is 1020. The molecular weight excluding hydrogens is 404 g/mol. The normalized spacial score (nSPS) is 11.0. The Morgan fingerprint density at radius 1 is 1.18 bits per heavy atom. The lowest BCUT2D eigenvalue weighted by Gasteiger charge is -1.99. The van der Waals surface area contributed by atoms with E-state index < -0.39 is 17.5 Å². The van der Waals surface area contributed by atoms with Gasteiger partial charge in [-0.15, -0.1) is 22.7 Å². The monoisotopic (exact) mass is 419 g/mol. The number of aromatic nitrogens is 1. The summed E-state index contributed by atoms with van der Waals surface area (Å²) >= 11 is 2.73. The minimum Gasteiger partial charge on any atom is -0.351 e. The molecule has 0 aliphatic heterocycles. The molecule has 0 aliphatic carbocycles. The summed E-state index contributed by atoms with van der Waals surface area (Å²) in [7, 11) is 0. The van der Waals surface area contributed by atoms with Crippen LogP contribution in [0.4, 0.5) is 13.9 Å². The molecule has 3 rings (SSSR count). The van der Waals surface area contributed by atoms with Crippen LogP contribution in [0, 0.1) is 11.6 Å². The Morgan fingerprint density at radius 3 is 2.64 bits per heavy atom. The zero-order valence-corrected chi connectivity index (χ0v) is 16.3. The van der Waals surface area contributed by atoms with Gasteiger partial charge in [-0.1, -0.05) is 6.07 Å². The maximum Gasteiger partial charge on any atom is 0.250 e. The van der Waals surface area contributed by atoms with Crippen LogP contribution in [0.5, 0.6) is 0 Å². The standard InChI is InChI=1S/C19H15F2N3O2S2/c1-11(25)22-9-12-5-7-17(28-12)16-10-27-19(23-16)24-18(26)8-6-13-14(20)3-2-4-15(13)21/h2-8,10H,9H2,1H3,(H,22,25)(H,23,24,26)/b8-6+. The average Bonchev–Trinajstić information content (AvgIpc) is 3.28. The van der Waals surface area contributed by atoms with Crippen molar-refractivity contribution in [2.75, 3.05) is 5.32 Å². The number of thiophene rings is 1. The Morgan fingerprint density at radius 2 is 1.93 bits per heavy atom. The maximum absolute atomic E-state index is 13.6. The Hall–Kier alpha value is -2.91. The molecule has 3 aromatic rings. The molecule has 0 saturated heterocycles. The van der Waals surface area contributed by atoms with Crippen LogP contribution in [0.3, 0.4) is 0 Å². The second-order valence-electron chi connectivity index (χ2n) is 5.67. The topological polar surface area (TPSA) is 71.1 Å². The molecule has 2 N–H and O–H groups in total. The second kappa shape index (κ2) is 8.85. The number of amides is 2. The van der Waals surface area contributed by atoms with Crippen LogP contribution in [0.15, 0.2) is 41.8 Å². The fourth-order valence-electron chi connectivity index (χ4n) is 2.24. The van der Waals surface area contributed by atoms with Gasteiger partial charge in [0.25, 0.3) is 0 Å². The molecule has 1 aromatic carbocycles. The summed E-state index contributed by atoms with van der Waals surface area (Å²) in [6, 6.07) is 7.29. The molecule has 0 saturated carbocycles. The molecule has 2 amide bonds. The van der Waals surface area contributed by atoms with Crippen LogP contribution in [0.2, 0.25) is 0 Å². The Kier molecular flexibility index (Phi) is 6.27. The first-order valence-electron chi connectivity index (χ1n) is 8.14. The van der Waals surface area contributed by atoms with E-state index >= 15 is 0 Å². The van der Waals surface area contributed by atoms with Gasteiger partial charge in [0, 0.05) is 28.8 Å². The van der Waals surface area contributed by atoms with Crippen LogP contribution < -0.4 is 10.6 Å². The molecule has 0 radical (unpaired) electrons. The third-order valence-electron chi connectivity index (χ3n) is 3.56. The number of hydrogen-bond donors (Lipinski definition) is 2. The minimum absolute atomic E-state index is 0.100. The number of carbonyl (C=O) groups is 2. The summed E-state index contributed by atoms with van der Waals surface area (Å²) in [5, 5.41) is 7.47. The van der Waals surface area contributed by atoms with Crippen molar-refractivity contribution in [2.45, 2.75) is 13.5 Å². The van der Waals surface area contributed by atoms with Crippen LogP contribution >= 0.6 is 22.7 Å². The van der Waals surface area contributed by atoms with Gasteiger partial charge in [0.2, 0.25) is 11.8 Å². The van der Waals surface area contributed by atoms with E-state index in [4.69, 9.17) is 0 Å². The van der Waals surface area contributed by atoms with Gasteiger partial charge in [0.1, 0.15) is 11.6 Å². The van der Waals surface area contributed by atoms with Crippen molar-refractivity contribution in [3.8, 4) is 10.6 Å². The van der Waals surface area contributed by atoms with Gasteiger partial charge in [0.05, 0.1) is 17.1 Å². The molecule has 9 heteroatoms. The Balaban J connectivity index is 1.63. The molecule has 28 heavy (non-hydrogen) atoms. The number of hydrogen-bond acceptors (Lipinski definition) is 5. The molecule has 0 fully saturated rings. The highest BCUT2D eigenvalue weighted by Gasteiger charge is 2.10. The van der Waals surface area contributed by atoms with Crippen molar-refractivity contribution >= 4 is 45.7 Å². The van der Waals surface area contributed by atoms with Gasteiger partial charge in [-0.2, -0.15) is 0 Å². The third-order valence-corrected chi connectivity index (χ3v) is 5.43. The fourth-order valence-corrected chi connectivity index (χ4v) is 3.94. The molecule has 2 aromatic heterocycles. The van der Waals surface area contributed by atoms with Gasteiger partial charge in [-0.05, 0) is 30.3 Å². The first kappa shape index (κ1) is 19.8. The van der Waals surface area contributed by atoms with E-state index in [1.807, 2.05) is 12.1 Å². The molecular formula is C19H15F2N3O2S2. The highest BCUT2D eigenvalue weighted by Crippen LogP contribution is 2.30. The summed E-state index contributed by atoms with van der Waals surface area (Å²) < 4.78 is 27.1. The van der Waals surface area contributed by atoms with Crippen molar-refractivity contribution in [2.24, 2.45) is 0 Å². The van der Waals surface area contributed by atoms with E-state index in [-0.39, 0.29) is 11.5 Å². The van der Waals surface area contributed by atoms with E-state index in [2.05, 4.69) is 15.6 Å². The van der Waals surface area contributed by atoms with Gasteiger partial charge >= 0.3 is 0 Å². The van der Waals surface area contributed by atoms with Crippen LogP contribution in [-0.4, -0.2) is 16.8 Å².